The molecule has 0 atom stereocenters. The van der Waals surface area contributed by atoms with Gasteiger partial charge >= 0.3 is 0 Å². The molecular weight excluding hydrogens is 279 g/mol. The molecule has 0 aliphatic carbocycles. The predicted octanol–water partition coefficient (Wildman–Crippen LogP) is 3.42. The molecule has 2 aromatic rings. The molecule has 0 aliphatic heterocycles. The summed E-state index contributed by atoms with van der Waals surface area (Å²) in [6.45, 7) is 0. The molecule has 7 heteroatoms. The van der Waals surface area contributed by atoms with Gasteiger partial charge in [0.1, 0.15) is 11.5 Å². The average molecular weight is 286 g/mol. The molecule has 0 saturated carbocycles. The first-order valence-electron chi connectivity index (χ1n) is 5.34. The molecule has 20 heavy (non-hydrogen) atoms. The summed E-state index contributed by atoms with van der Waals surface area (Å²) in [5, 5.41) is 0. The van der Waals surface area contributed by atoms with E-state index in [1.54, 1.807) is 18.2 Å². The van der Waals surface area contributed by atoms with E-state index in [2.05, 4.69) is 4.99 Å². The van der Waals surface area contributed by atoms with Gasteiger partial charge in [-0.2, -0.15) is 0 Å². The first kappa shape index (κ1) is 14.0. The summed E-state index contributed by atoms with van der Waals surface area (Å²) in [7, 11) is 0. The maximum absolute atomic E-state index is 13.4. The van der Waals surface area contributed by atoms with Gasteiger partial charge in [-0.25, -0.2) is 26.9 Å². The van der Waals surface area contributed by atoms with Crippen LogP contribution in [0.1, 0.15) is 5.56 Å². The molecule has 0 aliphatic rings. The second kappa shape index (κ2) is 5.28. The van der Waals surface area contributed by atoms with Crippen LogP contribution >= 0.6 is 0 Å². The van der Waals surface area contributed by atoms with E-state index in [0.717, 1.165) is 0 Å². The Morgan fingerprint density at radius 3 is 1.70 bits per heavy atom. The van der Waals surface area contributed by atoms with Gasteiger partial charge in [0.05, 0.1) is 0 Å². The fourth-order valence-electron chi connectivity index (χ4n) is 1.49. The summed E-state index contributed by atoms with van der Waals surface area (Å²) in [6.07, 6.45) is 0. The quantitative estimate of drug-likeness (QED) is 0.297. The fraction of sp³-hybridized carbons (Fsp3) is 0. The van der Waals surface area contributed by atoms with Crippen LogP contribution < -0.4 is 5.73 Å². The first-order chi connectivity index (χ1) is 9.43. The van der Waals surface area contributed by atoms with E-state index in [9.17, 15) is 22.0 Å². The van der Waals surface area contributed by atoms with Gasteiger partial charge in [0.15, 0.2) is 23.3 Å². The topological polar surface area (TPSA) is 38.4 Å². The smallest absolute Gasteiger partial charge is 0.200 e. The Morgan fingerprint density at radius 2 is 1.20 bits per heavy atom. The summed E-state index contributed by atoms with van der Waals surface area (Å²) < 4.78 is 65.6. The lowest BCUT2D eigenvalue weighted by atomic mass is 10.2. The van der Waals surface area contributed by atoms with Crippen molar-refractivity contribution in [3.8, 4) is 0 Å². The highest BCUT2D eigenvalue weighted by Gasteiger charge is 2.25. The average Bonchev–Trinajstić information content (AvgIpc) is 2.48. The SMILES string of the molecule is NC(=Nc1c(F)c(F)c(F)c(F)c1F)c1ccccc1. The fourth-order valence-corrected chi connectivity index (χ4v) is 1.49. The third-order valence-corrected chi connectivity index (χ3v) is 2.49. The predicted molar refractivity (Wildman–Crippen MR) is 63.1 cm³/mol. The maximum Gasteiger partial charge on any atom is 0.200 e. The van der Waals surface area contributed by atoms with Gasteiger partial charge in [0.2, 0.25) is 5.82 Å². The van der Waals surface area contributed by atoms with Crippen molar-refractivity contribution < 1.29 is 22.0 Å². The van der Waals surface area contributed by atoms with Gasteiger partial charge in [-0.3, -0.25) is 0 Å². The summed E-state index contributed by atoms with van der Waals surface area (Å²) in [6, 6.07) is 7.78. The van der Waals surface area contributed by atoms with E-state index in [0.29, 0.717) is 0 Å². The van der Waals surface area contributed by atoms with Gasteiger partial charge in [-0.15, -0.1) is 0 Å². The molecule has 0 spiro atoms. The summed E-state index contributed by atoms with van der Waals surface area (Å²) in [5.41, 5.74) is 4.45. The van der Waals surface area contributed by atoms with Crippen molar-refractivity contribution in [1.29, 1.82) is 0 Å². The lowest BCUT2D eigenvalue weighted by molar-refractivity contribution is 0.381. The molecule has 2 rings (SSSR count). The molecule has 0 bridgehead atoms. The van der Waals surface area contributed by atoms with Gasteiger partial charge < -0.3 is 5.73 Å². The number of hydrogen-bond acceptors (Lipinski definition) is 1. The maximum atomic E-state index is 13.4. The lowest BCUT2D eigenvalue weighted by Crippen LogP contribution is -2.13. The minimum Gasteiger partial charge on any atom is -0.383 e. The highest BCUT2D eigenvalue weighted by molar-refractivity contribution is 5.99. The van der Waals surface area contributed by atoms with Crippen LogP contribution in [-0.2, 0) is 0 Å². The van der Waals surface area contributed by atoms with Crippen LogP contribution in [0.15, 0.2) is 35.3 Å². The highest BCUT2D eigenvalue weighted by Crippen LogP contribution is 2.29. The van der Waals surface area contributed by atoms with Crippen LogP contribution in [0.3, 0.4) is 0 Å². The molecule has 0 unspecified atom stereocenters. The van der Waals surface area contributed by atoms with Crippen molar-refractivity contribution in [3.63, 3.8) is 0 Å². The normalized spacial score (nSPS) is 11.8. The van der Waals surface area contributed by atoms with E-state index in [4.69, 9.17) is 5.73 Å². The van der Waals surface area contributed by atoms with Gasteiger partial charge in [0.25, 0.3) is 0 Å². The Hall–Kier alpha value is -2.44. The van der Waals surface area contributed by atoms with Crippen LogP contribution in [0, 0.1) is 29.1 Å². The second-order valence-corrected chi connectivity index (χ2v) is 3.78. The molecular formula is C13H7F5N2. The number of halogens is 5. The Kier molecular flexibility index (Phi) is 3.69. The Labute approximate surface area is 110 Å². The van der Waals surface area contributed by atoms with E-state index < -0.39 is 34.8 Å². The molecule has 0 heterocycles. The van der Waals surface area contributed by atoms with Crippen LogP contribution in [0.4, 0.5) is 27.6 Å². The molecule has 0 amide bonds. The third-order valence-electron chi connectivity index (χ3n) is 2.49. The molecule has 0 saturated heterocycles. The molecule has 0 radical (unpaired) electrons. The zero-order chi connectivity index (χ0) is 14.9. The van der Waals surface area contributed by atoms with Crippen molar-refractivity contribution in [2.24, 2.45) is 10.7 Å². The van der Waals surface area contributed by atoms with Crippen LogP contribution in [0.25, 0.3) is 0 Å². The molecule has 2 nitrogen and oxygen atoms in total. The lowest BCUT2D eigenvalue weighted by Gasteiger charge is -2.05. The highest BCUT2D eigenvalue weighted by atomic mass is 19.2. The minimum atomic E-state index is -2.24. The number of amidine groups is 1. The number of benzene rings is 2. The van der Waals surface area contributed by atoms with Crippen molar-refractivity contribution in [2.45, 2.75) is 0 Å². The number of nitrogens with two attached hydrogens (primary N) is 1. The summed E-state index contributed by atoms with van der Waals surface area (Å²) in [4.78, 5) is 3.29. The van der Waals surface area contributed by atoms with Gasteiger partial charge in [-0.1, -0.05) is 30.3 Å². The van der Waals surface area contributed by atoms with Crippen molar-refractivity contribution in [2.75, 3.05) is 0 Å². The number of hydrogen-bond donors (Lipinski definition) is 1. The zero-order valence-electron chi connectivity index (χ0n) is 9.80. The van der Waals surface area contributed by atoms with Crippen molar-refractivity contribution in [1.82, 2.24) is 0 Å². The molecule has 0 aromatic heterocycles. The van der Waals surface area contributed by atoms with E-state index in [-0.39, 0.29) is 11.4 Å². The monoisotopic (exact) mass is 286 g/mol. The Bertz CT molecular complexity index is 654. The zero-order valence-corrected chi connectivity index (χ0v) is 9.80. The molecule has 2 N–H and O–H groups in total. The second-order valence-electron chi connectivity index (χ2n) is 3.78. The summed E-state index contributed by atoms with van der Waals surface area (Å²) in [5.74, 6) is -10.8. The summed E-state index contributed by atoms with van der Waals surface area (Å²) >= 11 is 0. The van der Waals surface area contributed by atoms with E-state index in [1.807, 2.05) is 0 Å². The third kappa shape index (κ3) is 2.34. The van der Waals surface area contributed by atoms with Gasteiger partial charge in [-0.05, 0) is 0 Å². The largest absolute Gasteiger partial charge is 0.383 e. The van der Waals surface area contributed by atoms with E-state index >= 15 is 0 Å². The van der Waals surface area contributed by atoms with E-state index in [1.165, 1.54) is 12.1 Å². The van der Waals surface area contributed by atoms with Crippen molar-refractivity contribution in [3.05, 3.63) is 65.0 Å². The Morgan fingerprint density at radius 1 is 0.750 bits per heavy atom. The number of rotatable bonds is 2. The van der Waals surface area contributed by atoms with Crippen LogP contribution in [-0.4, -0.2) is 5.84 Å². The van der Waals surface area contributed by atoms with Crippen LogP contribution in [0.2, 0.25) is 0 Å². The van der Waals surface area contributed by atoms with Crippen molar-refractivity contribution >= 4 is 11.5 Å². The Balaban J connectivity index is 2.60. The standard InChI is InChI=1S/C13H7F5N2/c14-7-8(15)10(17)12(11(18)9(7)16)20-13(19)6-4-2-1-3-5-6/h1-5H,(H2,19,20). The molecule has 0 fully saturated rings. The first-order valence-corrected chi connectivity index (χ1v) is 5.34. The minimum absolute atomic E-state index is 0.288. The molecule has 2 aromatic carbocycles. The van der Waals surface area contributed by atoms with Gasteiger partial charge in [0, 0.05) is 5.56 Å². The van der Waals surface area contributed by atoms with Crippen LogP contribution in [0.5, 0.6) is 0 Å². The molecule has 104 valence electrons. The number of aliphatic imine (C=N–C) groups is 1. The number of nitrogens with zero attached hydrogens (tertiary/aromatic N) is 1.